The quantitative estimate of drug-likeness (QED) is 0.595. The van der Waals surface area contributed by atoms with Crippen LogP contribution in [0.3, 0.4) is 0 Å². The molecule has 0 amide bonds. The Morgan fingerprint density at radius 1 is 1.16 bits per heavy atom. The van der Waals surface area contributed by atoms with E-state index in [1.54, 1.807) is 0 Å². The van der Waals surface area contributed by atoms with Crippen LogP contribution in [0.15, 0.2) is 30.6 Å². The molecule has 5 rings (SSSR count). The lowest BCUT2D eigenvalue weighted by molar-refractivity contribution is 0.484. The molecule has 0 aromatic carbocycles. The van der Waals surface area contributed by atoms with E-state index >= 15 is 0 Å². The Morgan fingerprint density at radius 2 is 1.97 bits per heavy atom. The highest BCUT2D eigenvalue weighted by atomic mass is 15.5. The fourth-order valence-electron chi connectivity index (χ4n) is 4.76. The summed E-state index contributed by atoms with van der Waals surface area (Å²) in [5.74, 6) is 0.919. The number of hydrogen-bond donors (Lipinski definition) is 3. The normalized spacial score (nSPS) is 23.5. The van der Waals surface area contributed by atoms with Gasteiger partial charge >= 0.3 is 0 Å². The molecule has 3 aromatic rings. The van der Waals surface area contributed by atoms with Crippen LogP contribution in [0.2, 0.25) is 0 Å². The maximum absolute atomic E-state index is 8.78. The van der Waals surface area contributed by atoms with Gasteiger partial charge < -0.3 is 15.6 Å². The maximum Gasteiger partial charge on any atom is 0.154 e. The van der Waals surface area contributed by atoms with Gasteiger partial charge in [-0.25, -0.2) is 14.6 Å². The van der Waals surface area contributed by atoms with Gasteiger partial charge in [-0.2, -0.15) is 0 Å². The van der Waals surface area contributed by atoms with Crippen molar-refractivity contribution in [3.05, 3.63) is 58.9 Å². The van der Waals surface area contributed by atoms with Gasteiger partial charge in [-0.3, -0.25) is 9.81 Å². The van der Waals surface area contributed by atoms with Crippen molar-refractivity contribution in [1.82, 2.24) is 24.4 Å². The van der Waals surface area contributed by atoms with Gasteiger partial charge in [0.15, 0.2) is 5.82 Å². The van der Waals surface area contributed by atoms with Crippen molar-refractivity contribution >= 4 is 16.9 Å². The van der Waals surface area contributed by atoms with E-state index in [9.17, 15) is 0 Å². The average Bonchev–Trinajstić information content (AvgIpc) is 3.08. The topological polar surface area (TPSA) is 86.3 Å². The van der Waals surface area contributed by atoms with Gasteiger partial charge in [0.1, 0.15) is 16.7 Å². The van der Waals surface area contributed by atoms with Gasteiger partial charge in [0.25, 0.3) is 0 Å². The first-order valence-electron chi connectivity index (χ1n) is 10.8. The van der Waals surface area contributed by atoms with E-state index in [2.05, 4.69) is 66.7 Å². The molecule has 8 nitrogen and oxygen atoms in total. The number of imidazole rings is 1. The molecule has 1 unspecified atom stereocenters. The lowest BCUT2D eigenvalue weighted by Crippen LogP contribution is -2.49. The first-order chi connectivity index (χ1) is 14.7. The Morgan fingerprint density at radius 3 is 2.74 bits per heavy atom. The number of piperazine rings is 1. The minimum atomic E-state index is -0.534. The standard InChI is InChI=1S/C23H30N8/c1-14-8-18(29-7-6-25-16(3)11-29)13-30-20(24)9-19(27-21(14)30)23(5)10-15(2)22-26-17(4)12-31(22)28-23/h8-10,12-13,16,24-25,28H,6-7,11H2,1-5H3/t16-,23?/m0/s1. The van der Waals surface area contributed by atoms with Crippen molar-refractivity contribution in [1.29, 1.82) is 5.41 Å². The Labute approximate surface area is 182 Å². The van der Waals surface area contributed by atoms with Gasteiger partial charge in [0.2, 0.25) is 0 Å². The second kappa shape index (κ2) is 6.95. The third-order valence-corrected chi connectivity index (χ3v) is 6.27. The van der Waals surface area contributed by atoms with Crippen LogP contribution in [0, 0.1) is 19.3 Å². The molecule has 1 saturated heterocycles. The smallest absolute Gasteiger partial charge is 0.154 e. The number of nitrogens with one attached hydrogen (secondary N) is 3. The van der Waals surface area contributed by atoms with E-state index in [1.165, 1.54) is 0 Å². The highest BCUT2D eigenvalue weighted by Crippen LogP contribution is 2.31. The van der Waals surface area contributed by atoms with Gasteiger partial charge in [-0.15, -0.1) is 0 Å². The highest BCUT2D eigenvalue weighted by molar-refractivity contribution is 5.64. The Kier molecular flexibility index (Phi) is 4.44. The molecular weight excluding hydrogens is 388 g/mol. The van der Waals surface area contributed by atoms with Gasteiger partial charge in [-0.1, -0.05) is 0 Å². The SMILES string of the molecule is CC1=CC(C)(c2cc(=N)n3cc(N4CCN[C@@H](C)C4)cc(C)c3n2)Nn2cc(C)nc21. The Bertz CT molecular complexity index is 1270. The number of allylic oxidation sites excluding steroid dienone is 1. The summed E-state index contributed by atoms with van der Waals surface area (Å²) in [6, 6.07) is 4.51. The number of nitrogens with zero attached hydrogens (tertiary/aromatic N) is 5. The minimum Gasteiger partial charge on any atom is -0.368 e. The maximum atomic E-state index is 8.78. The van der Waals surface area contributed by atoms with E-state index in [0.717, 1.165) is 59.3 Å². The van der Waals surface area contributed by atoms with E-state index in [1.807, 2.05) is 28.3 Å². The molecule has 2 aliphatic rings. The molecule has 2 atom stereocenters. The van der Waals surface area contributed by atoms with Crippen molar-refractivity contribution in [2.24, 2.45) is 0 Å². The average molecular weight is 419 g/mol. The third kappa shape index (κ3) is 3.31. The van der Waals surface area contributed by atoms with E-state index in [-0.39, 0.29) is 0 Å². The lowest BCUT2D eigenvalue weighted by Gasteiger charge is -2.35. The summed E-state index contributed by atoms with van der Waals surface area (Å²) in [5, 5.41) is 12.3. The Balaban J connectivity index is 1.59. The summed E-state index contributed by atoms with van der Waals surface area (Å²) >= 11 is 0. The fraction of sp³-hybridized carbons (Fsp3) is 0.435. The Hall–Kier alpha value is -3.13. The summed E-state index contributed by atoms with van der Waals surface area (Å²) in [5.41, 5.74) is 9.32. The van der Waals surface area contributed by atoms with Crippen LogP contribution in [-0.2, 0) is 5.54 Å². The minimum absolute atomic E-state index is 0.426. The van der Waals surface area contributed by atoms with Crippen molar-refractivity contribution in [2.75, 3.05) is 30.0 Å². The summed E-state index contributed by atoms with van der Waals surface area (Å²) < 4.78 is 3.87. The zero-order valence-electron chi connectivity index (χ0n) is 18.8. The zero-order valence-corrected chi connectivity index (χ0v) is 18.8. The molecule has 0 aliphatic carbocycles. The molecule has 0 radical (unpaired) electrons. The second-order valence-corrected chi connectivity index (χ2v) is 9.12. The van der Waals surface area contributed by atoms with Crippen LogP contribution >= 0.6 is 0 Å². The molecule has 3 N–H and O–H groups in total. The third-order valence-electron chi connectivity index (χ3n) is 6.27. The molecule has 0 spiro atoms. The molecule has 1 fully saturated rings. The van der Waals surface area contributed by atoms with Gasteiger partial charge in [-0.05, 0) is 57.9 Å². The van der Waals surface area contributed by atoms with Crippen molar-refractivity contribution < 1.29 is 0 Å². The molecule has 31 heavy (non-hydrogen) atoms. The number of hydrogen-bond acceptors (Lipinski definition) is 6. The van der Waals surface area contributed by atoms with Crippen LogP contribution in [0.5, 0.6) is 0 Å². The second-order valence-electron chi connectivity index (χ2n) is 9.12. The number of anilines is 1. The van der Waals surface area contributed by atoms with Crippen LogP contribution in [-0.4, -0.2) is 44.7 Å². The number of rotatable bonds is 2. The molecule has 0 saturated carbocycles. The van der Waals surface area contributed by atoms with E-state index in [4.69, 9.17) is 10.4 Å². The monoisotopic (exact) mass is 418 g/mol. The van der Waals surface area contributed by atoms with Crippen molar-refractivity contribution in [3.8, 4) is 0 Å². The summed E-state index contributed by atoms with van der Waals surface area (Å²) in [6.07, 6.45) is 6.20. The van der Waals surface area contributed by atoms with Crippen molar-refractivity contribution in [3.63, 3.8) is 0 Å². The van der Waals surface area contributed by atoms with Crippen LogP contribution in [0.25, 0.3) is 11.2 Å². The summed E-state index contributed by atoms with van der Waals surface area (Å²) in [7, 11) is 0. The molecular formula is C23H30N8. The van der Waals surface area contributed by atoms with Gasteiger partial charge in [0.05, 0.1) is 17.1 Å². The zero-order chi connectivity index (χ0) is 21.9. The lowest BCUT2D eigenvalue weighted by atomic mass is 9.93. The van der Waals surface area contributed by atoms with E-state index in [0.29, 0.717) is 11.5 Å². The number of aromatic nitrogens is 4. The molecule has 2 aliphatic heterocycles. The highest BCUT2D eigenvalue weighted by Gasteiger charge is 2.32. The fourth-order valence-corrected chi connectivity index (χ4v) is 4.76. The number of pyridine rings is 1. The molecule has 0 bridgehead atoms. The molecule has 8 heteroatoms. The van der Waals surface area contributed by atoms with Crippen LogP contribution < -0.4 is 21.1 Å². The molecule has 162 valence electrons. The first kappa shape index (κ1) is 19.8. The van der Waals surface area contributed by atoms with Crippen molar-refractivity contribution in [2.45, 2.75) is 46.2 Å². The molecule has 5 heterocycles. The largest absolute Gasteiger partial charge is 0.368 e. The van der Waals surface area contributed by atoms with E-state index < -0.39 is 5.54 Å². The number of fused-ring (bicyclic) bond motifs is 2. The molecule has 3 aromatic heterocycles. The summed E-state index contributed by atoms with van der Waals surface area (Å²) in [6.45, 7) is 13.3. The first-order valence-corrected chi connectivity index (χ1v) is 10.8. The predicted octanol–water partition coefficient (Wildman–Crippen LogP) is 2.30. The van der Waals surface area contributed by atoms with Gasteiger partial charge in [0, 0.05) is 44.1 Å². The number of aryl methyl sites for hydroxylation is 2. The van der Waals surface area contributed by atoms with Crippen LogP contribution in [0.4, 0.5) is 5.69 Å². The predicted molar refractivity (Wildman–Crippen MR) is 123 cm³/mol. The summed E-state index contributed by atoms with van der Waals surface area (Å²) in [4.78, 5) is 12.0. The van der Waals surface area contributed by atoms with Crippen LogP contribution in [0.1, 0.15) is 43.5 Å².